The van der Waals surface area contributed by atoms with Gasteiger partial charge in [-0.15, -0.1) is 0 Å². The van der Waals surface area contributed by atoms with Gasteiger partial charge in [-0.1, -0.05) is 30.7 Å². The van der Waals surface area contributed by atoms with E-state index in [2.05, 4.69) is 5.32 Å². The minimum absolute atomic E-state index is 0.00398. The van der Waals surface area contributed by atoms with Crippen LogP contribution in [0, 0.1) is 5.82 Å². The first kappa shape index (κ1) is 13.1. The second-order valence-electron chi connectivity index (χ2n) is 4.04. The zero-order valence-corrected chi connectivity index (χ0v) is 10.9. The molecule has 1 aromatic heterocycles. The molecule has 0 saturated heterocycles. The Morgan fingerprint density at radius 2 is 2.17 bits per heavy atom. The highest BCUT2D eigenvalue weighted by Crippen LogP contribution is 2.25. The van der Waals surface area contributed by atoms with Crippen LogP contribution in [0.15, 0.2) is 41.0 Å². The first-order valence-electron chi connectivity index (χ1n) is 5.92. The van der Waals surface area contributed by atoms with Gasteiger partial charge in [0.2, 0.25) is 0 Å². The van der Waals surface area contributed by atoms with Crippen molar-refractivity contribution in [3.05, 3.63) is 58.8 Å². The number of furan rings is 1. The summed E-state index contributed by atoms with van der Waals surface area (Å²) in [6.07, 6.45) is 2.23. The van der Waals surface area contributed by atoms with E-state index in [0.29, 0.717) is 6.42 Å². The molecule has 0 fully saturated rings. The number of rotatable bonds is 5. The summed E-state index contributed by atoms with van der Waals surface area (Å²) in [4.78, 5) is 0. The quantitative estimate of drug-likeness (QED) is 0.887. The average molecular weight is 268 g/mol. The van der Waals surface area contributed by atoms with E-state index >= 15 is 0 Å². The topological polar surface area (TPSA) is 25.2 Å². The van der Waals surface area contributed by atoms with Gasteiger partial charge in [-0.05, 0) is 36.7 Å². The van der Waals surface area contributed by atoms with Crippen LogP contribution in [0.5, 0.6) is 0 Å². The van der Waals surface area contributed by atoms with E-state index in [1.54, 1.807) is 12.3 Å². The molecule has 1 atom stereocenters. The van der Waals surface area contributed by atoms with Crippen LogP contribution >= 0.6 is 11.6 Å². The molecule has 2 aromatic rings. The molecule has 0 spiro atoms. The SMILES string of the molecule is CCNC(Cc1cccc(F)c1Cl)c1ccco1. The van der Waals surface area contributed by atoms with Gasteiger partial charge in [0.05, 0.1) is 17.3 Å². The molecular formula is C14H15ClFNO. The molecule has 0 bridgehead atoms. The number of nitrogens with one attached hydrogen (secondary N) is 1. The lowest BCUT2D eigenvalue weighted by atomic mass is 10.0. The van der Waals surface area contributed by atoms with E-state index in [1.165, 1.54) is 6.07 Å². The van der Waals surface area contributed by atoms with Crippen molar-refractivity contribution in [3.63, 3.8) is 0 Å². The minimum atomic E-state index is -0.385. The van der Waals surface area contributed by atoms with Crippen molar-refractivity contribution in [2.45, 2.75) is 19.4 Å². The summed E-state index contributed by atoms with van der Waals surface area (Å²) in [5.74, 6) is 0.445. The fraction of sp³-hybridized carbons (Fsp3) is 0.286. The standard InChI is InChI=1S/C14H15ClFNO/c1-2-17-12(13-7-4-8-18-13)9-10-5-3-6-11(16)14(10)15/h3-8,12,17H,2,9H2,1H3. The van der Waals surface area contributed by atoms with E-state index in [-0.39, 0.29) is 16.9 Å². The molecule has 0 amide bonds. The van der Waals surface area contributed by atoms with Gasteiger partial charge >= 0.3 is 0 Å². The van der Waals surface area contributed by atoms with Crippen molar-refractivity contribution >= 4 is 11.6 Å². The van der Waals surface area contributed by atoms with Crippen LogP contribution in [-0.2, 0) is 6.42 Å². The monoisotopic (exact) mass is 267 g/mol. The molecule has 96 valence electrons. The van der Waals surface area contributed by atoms with Gasteiger partial charge in [0.25, 0.3) is 0 Å². The van der Waals surface area contributed by atoms with Crippen molar-refractivity contribution in [1.29, 1.82) is 0 Å². The van der Waals surface area contributed by atoms with E-state index < -0.39 is 0 Å². The largest absolute Gasteiger partial charge is 0.468 e. The molecule has 4 heteroatoms. The van der Waals surface area contributed by atoms with Crippen LogP contribution in [0.1, 0.15) is 24.3 Å². The molecule has 0 radical (unpaired) electrons. The lowest BCUT2D eigenvalue weighted by molar-refractivity contribution is 0.416. The maximum atomic E-state index is 13.4. The van der Waals surface area contributed by atoms with Crippen molar-refractivity contribution in [3.8, 4) is 0 Å². The van der Waals surface area contributed by atoms with Gasteiger partial charge < -0.3 is 9.73 Å². The average Bonchev–Trinajstić information content (AvgIpc) is 2.88. The molecule has 0 aliphatic heterocycles. The van der Waals surface area contributed by atoms with Gasteiger partial charge in [-0.3, -0.25) is 0 Å². The predicted molar refractivity (Wildman–Crippen MR) is 70.2 cm³/mol. The maximum Gasteiger partial charge on any atom is 0.142 e. The molecule has 1 aromatic carbocycles. The normalized spacial score (nSPS) is 12.6. The van der Waals surface area contributed by atoms with Gasteiger partial charge in [-0.25, -0.2) is 4.39 Å². The highest BCUT2D eigenvalue weighted by molar-refractivity contribution is 6.31. The molecule has 2 nitrogen and oxygen atoms in total. The maximum absolute atomic E-state index is 13.4. The van der Waals surface area contributed by atoms with Crippen molar-refractivity contribution in [2.24, 2.45) is 0 Å². The summed E-state index contributed by atoms with van der Waals surface area (Å²) in [7, 11) is 0. The Hall–Kier alpha value is -1.32. The summed E-state index contributed by atoms with van der Waals surface area (Å²) >= 11 is 5.97. The Morgan fingerprint density at radius 3 is 2.83 bits per heavy atom. The molecule has 1 N–H and O–H groups in total. The highest BCUT2D eigenvalue weighted by atomic mass is 35.5. The highest BCUT2D eigenvalue weighted by Gasteiger charge is 2.16. The number of benzene rings is 1. The third kappa shape index (κ3) is 2.92. The second-order valence-corrected chi connectivity index (χ2v) is 4.42. The van der Waals surface area contributed by atoms with Crippen LogP contribution in [0.4, 0.5) is 4.39 Å². The van der Waals surface area contributed by atoms with E-state index in [1.807, 2.05) is 25.1 Å². The van der Waals surface area contributed by atoms with Crippen LogP contribution in [-0.4, -0.2) is 6.54 Å². The van der Waals surface area contributed by atoms with Gasteiger partial charge in [0, 0.05) is 0 Å². The lowest BCUT2D eigenvalue weighted by Crippen LogP contribution is -2.22. The van der Waals surface area contributed by atoms with Gasteiger partial charge in [0.15, 0.2) is 0 Å². The van der Waals surface area contributed by atoms with Gasteiger partial charge in [-0.2, -0.15) is 0 Å². The first-order valence-corrected chi connectivity index (χ1v) is 6.29. The van der Waals surface area contributed by atoms with Gasteiger partial charge in [0.1, 0.15) is 11.6 Å². The predicted octanol–water partition coefficient (Wildman–Crippen LogP) is 3.97. The number of halogens is 2. The Labute approximate surface area is 111 Å². The van der Waals surface area contributed by atoms with Crippen molar-refractivity contribution in [2.75, 3.05) is 6.54 Å². The smallest absolute Gasteiger partial charge is 0.142 e. The van der Waals surface area contributed by atoms with Crippen molar-refractivity contribution in [1.82, 2.24) is 5.32 Å². The molecule has 0 aliphatic rings. The fourth-order valence-corrected chi connectivity index (χ4v) is 2.14. The third-order valence-electron chi connectivity index (χ3n) is 2.79. The van der Waals surface area contributed by atoms with Crippen LogP contribution in [0.3, 0.4) is 0 Å². The number of hydrogen-bond donors (Lipinski definition) is 1. The Bertz CT molecular complexity index is 499. The molecular weight excluding hydrogens is 253 g/mol. The molecule has 1 heterocycles. The van der Waals surface area contributed by atoms with E-state index in [0.717, 1.165) is 17.9 Å². The summed E-state index contributed by atoms with van der Waals surface area (Å²) in [5, 5.41) is 3.49. The van der Waals surface area contributed by atoms with Crippen LogP contribution in [0.2, 0.25) is 5.02 Å². The van der Waals surface area contributed by atoms with Crippen LogP contribution < -0.4 is 5.32 Å². The Kier molecular flexibility index (Phi) is 4.39. The first-order chi connectivity index (χ1) is 8.72. The van der Waals surface area contributed by atoms with Crippen LogP contribution in [0.25, 0.3) is 0 Å². The zero-order chi connectivity index (χ0) is 13.0. The summed E-state index contributed by atoms with van der Waals surface area (Å²) in [5.41, 5.74) is 0.777. The summed E-state index contributed by atoms with van der Waals surface area (Å²) in [6.45, 7) is 2.82. The molecule has 18 heavy (non-hydrogen) atoms. The molecule has 0 saturated carbocycles. The summed E-state index contributed by atoms with van der Waals surface area (Å²) in [6, 6.07) is 8.61. The zero-order valence-electron chi connectivity index (χ0n) is 10.1. The Morgan fingerprint density at radius 1 is 1.33 bits per heavy atom. The minimum Gasteiger partial charge on any atom is -0.468 e. The van der Waals surface area contributed by atoms with Crippen molar-refractivity contribution < 1.29 is 8.81 Å². The second kappa shape index (κ2) is 6.03. The Balaban J connectivity index is 2.21. The molecule has 1 unspecified atom stereocenters. The molecule has 2 rings (SSSR count). The fourth-order valence-electron chi connectivity index (χ4n) is 1.94. The number of hydrogen-bond acceptors (Lipinski definition) is 2. The third-order valence-corrected chi connectivity index (χ3v) is 3.22. The molecule has 0 aliphatic carbocycles. The summed E-state index contributed by atoms with van der Waals surface area (Å²) < 4.78 is 18.8. The lowest BCUT2D eigenvalue weighted by Gasteiger charge is -2.16. The van der Waals surface area contributed by atoms with E-state index in [4.69, 9.17) is 16.0 Å². The number of likely N-dealkylation sites (N-methyl/N-ethyl adjacent to an activating group) is 1. The van der Waals surface area contributed by atoms with E-state index in [9.17, 15) is 4.39 Å².